The molecule has 1 aliphatic heterocycles. The molecule has 36 heavy (non-hydrogen) atoms. The highest BCUT2D eigenvalue weighted by Crippen LogP contribution is 2.22. The fourth-order valence-corrected chi connectivity index (χ4v) is 4.90. The van der Waals surface area contributed by atoms with E-state index in [1.54, 1.807) is 4.90 Å². The molecule has 1 fully saturated rings. The summed E-state index contributed by atoms with van der Waals surface area (Å²) in [7, 11) is 0. The first-order chi connectivity index (χ1) is 17.5. The lowest BCUT2D eigenvalue weighted by Gasteiger charge is -2.24. The van der Waals surface area contributed by atoms with Crippen LogP contribution in [0.3, 0.4) is 0 Å². The molecule has 0 aliphatic carbocycles. The number of hydrogen-bond acceptors (Lipinski definition) is 3. The van der Waals surface area contributed by atoms with Gasteiger partial charge in [0, 0.05) is 24.7 Å². The molecule has 0 radical (unpaired) electrons. The summed E-state index contributed by atoms with van der Waals surface area (Å²) in [6.07, 6.45) is 2.22. The van der Waals surface area contributed by atoms with E-state index in [0.29, 0.717) is 42.6 Å². The second-order valence-corrected chi connectivity index (χ2v) is 9.68. The molecule has 5 nitrogen and oxygen atoms in total. The van der Waals surface area contributed by atoms with Gasteiger partial charge in [0.05, 0.1) is 6.42 Å². The molecule has 1 aliphatic rings. The SMILES string of the molecule is O=C(CC1C(=O)N(CCc2ccccc2)C(=S)N1CCc1ccc(Cl)cc1)NCCc1ccccc1. The lowest BCUT2D eigenvalue weighted by molar-refractivity contribution is -0.131. The number of hydrogen-bond donors (Lipinski definition) is 1. The molecule has 1 saturated heterocycles. The molecule has 4 rings (SSSR count). The molecule has 1 heterocycles. The van der Waals surface area contributed by atoms with Gasteiger partial charge in [-0.25, -0.2) is 0 Å². The Morgan fingerprint density at radius 2 is 1.36 bits per heavy atom. The van der Waals surface area contributed by atoms with Gasteiger partial charge in [-0.15, -0.1) is 0 Å². The molecule has 1 atom stereocenters. The van der Waals surface area contributed by atoms with Crippen molar-refractivity contribution in [2.45, 2.75) is 31.7 Å². The summed E-state index contributed by atoms with van der Waals surface area (Å²) < 4.78 is 0. The van der Waals surface area contributed by atoms with Gasteiger partial charge in [-0.3, -0.25) is 14.5 Å². The Morgan fingerprint density at radius 3 is 2.00 bits per heavy atom. The Bertz CT molecular complexity index is 1170. The van der Waals surface area contributed by atoms with Gasteiger partial charge in [-0.2, -0.15) is 0 Å². The minimum Gasteiger partial charge on any atom is -0.356 e. The van der Waals surface area contributed by atoms with Crippen molar-refractivity contribution in [3.8, 4) is 0 Å². The Balaban J connectivity index is 1.40. The van der Waals surface area contributed by atoms with Crippen LogP contribution in [0.5, 0.6) is 0 Å². The smallest absolute Gasteiger partial charge is 0.252 e. The van der Waals surface area contributed by atoms with Gasteiger partial charge in [0.25, 0.3) is 5.91 Å². The lowest BCUT2D eigenvalue weighted by atomic mass is 10.1. The first-order valence-electron chi connectivity index (χ1n) is 12.2. The van der Waals surface area contributed by atoms with Crippen molar-refractivity contribution in [2.24, 2.45) is 0 Å². The first kappa shape index (κ1) is 25.9. The van der Waals surface area contributed by atoms with Crippen LogP contribution in [-0.4, -0.2) is 52.4 Å². The molecule has 1 unspecified atom stereocenters. The van der Waals surface area contributed by atoms with Crippen molar-refractivity contribution in [3.63, 3.8) is 0 Å². The summed E-state index contributed by atoms with van der Waals surface area (Å²) in [6, 6.07) is 27.1. The molecule has 1 N–H and O–H groups in total. The van der Waals surface area contributed by atoms with Crippen LogP contribution in [0.15, 0.2) is 84.9 Å². The number of amides is 2. The Labute approximate surface area is 223 Å². The third kappa shape index (κ3) is 6.93. The zero-order chi connectivity index (χ0) is 25.3. The number of benzene rings is 3. The monoisotopic (exact) mass is 519 g/mol. The maximum absolute atomic E-state index is 13.4. The highest BCUT2D eigenvalue weighted by atomic mass is 35.5. The standard InChI is InChI=1S/C29H30ClN3O2S/c30-25-13-11-24(12-14-25)16-19-32-26(21-27(34)31-18-15-22-7-3-1-4-8-22)28(35)33(29(32)36)20-17-23-9-5-2-6-10-23/h1-14,26H,15-21H2,(H,31,34). The van der Waals surface area contributed by atoms with E-state index in [4.69, 9.17) is 23.8 Å². The second-order valence-electron chi connectivity index (χ2n) is 8.88. The number of rotatable bonds is 11. The van der Waals surface area contributed by atoms with E-state index in [1.165, 1.54) is 0 Å². The largest absolute Gasteiger partial charge is 0.356 e. The molecule has 3 aromatic rings. The van der Waals surface area contributed by atoms with Crippen molar-refractivity contribution in [1.82, 2.24) is 15.1 Å². The Hall–Kier alpha value is -3.22. The first-order valence-corrected chi connectivity index (χ1v) is 13.0. The quantitative estimate of drug-likeness (QED) is 0.374. The van der Waals surface area contributed by atoms with E-state index in [2.05, 4.69) is 5.32 Å². The number of thiocarbonyl (C=S) groups is 1. The minimum atomic E-state index is -0.600. The van der Waals surface area contributed by atoms with Gasteiger partial charge in [0.2, 0.25) is 5.91 Å². The number of nitrogens with one attached hydrogen (secondary N) is 1. The fraction of sp³-hybridized carbons (Fsp3) is 0.276. The van der Waals surface area contributed by atoms with Gasteiger partial charge in [-0.05, 0) is 60.3 Å². The average molecular weight is 520 g/mol. The normalized spacial score (nSPS) is 15.4. The molecule has 186 valence electrons. The maximum atomic E-state index is 13.4. The summed E-state index contributed by atoms with van der Waals surface area (Å²) in [5, 5.41) is 4.15. The molecule has 7 heteroatoms. The van der Waals surface area contributed by atoms with Crippen LogP contribution in [0.4, 0.5) is 0 Å². The van der Waals surface area contributed by atoms with Gasteiger partial charge < -0.3 is 10.2 Å². The zero-order valence-electron chi connectivity index (χ0n) is 20.1. The van der Waals surface area contributed by atoms with Gasteiger partial charge in [0.1, 0.15) is 6.04 Å². The number of halogens is 1. The fourth-order valence-electron chi connectivity index (χ4n) is 4.38. The zero-order valence-corrected chi connectivity index (χ0v) is 21.7. The maximum Gasteiger partial charge on any atom is 0.252 e. The summed E-state index contributed by atoms with van der Waals surface area (Å²) in [4.78, 5) is 29.8. The highest BCUT2D eigenvalue weighted by molar-refractivity contribution is 7.80. The Kier molecular flexibility index (Phi) is 9.09. The summed E-state index contributed by atoms with van der Waals surface area (Å²) in [5.74, 6) is -0.251. The number of carbonyl (C=O) groups excluding carboxylic acids is 2. The van der Waals surface area contributed by atoms with Crippen LogP contribution >= 0.6 is 23.8 Å². The van der Waals surface area contributed by atoms with E-state index >= 15 is 0 Å². The van der Waals surface area contributed by atoms with Crippen molar-refractivity contribution in [2.75, 3.05) is 19.6 Å². The summed E-state index contributed by atoms with van der Waals surface area (Å²) in [6.45, 7) is 1.57. The van der Waals surface area contributed by atoms with E-state index in [9.17, 15) is 9.59 Å². The van der Waals surface area contributed by atoms with E-state index in [1.807, 2.05) is 89.8 Å². The molecular weight excluding hydrogens is 490 g/mol. The predicted octanol–water partition coefficient (Wildman–Crippen LogP) is 4.67. The van der Waals surface area contributed by atoms with Crippen LogP contribution in [0.2, 0.25) is 5.02 Å². The molecule has 0 bridgehead atoms. The lowest BCUT2D eigenvalue weighted by Crippen LogP contribution is -2.40. The van der Waals surface area contributed by atoms with E-state index in [-0.39, 0.29) is 18.2 Å². The van der Waals surface area contributed by atoms with Crippen LogP contribution in [-0.2, 0) is 28.9 Å². The summed E-state index contributed by atoms with van der Waals surface area (Å²) >= 11 is 11.8. The topological polar surface area (TPSA) is 52.7 Å². The van der Waals surface area contributed by atoms with Crippen molar-refractivity contribution < 1.29 is 9.59 Å². The molecule has 0 spiro atoms. The van der Waals surface area contributed by atoms with Gasteiger partial charge in [-0.1, -0.05) is 84.4 Å². The van der Waals surface area contributed by atoms with Gasteiger partial charge in [0.15, 0.2) is 5.11 Å². The van der Waals surface area contributed by atoms with Crippen LogP contribution in [0.1, 0.15) is 23.1 Å². The van der Waals surface area contributed by atoms with Crippen LogP contribution in [0.25, 0.3) is 0 Å². The molecular formula is C29H30ClN3O2S. The Morgan fingerprint density at radius 1 is 0.806 bits per heavy atom. The van der Waals surface area contributed by atoms with Gasteiger partial charge >= 0.3 is 0 Å². The third-order valence-electron chi connectivity index (χ3n) is 6.38. The molecule has 3 aromatic carbocycles. The van der Waals surface area contributed by atoms with Crippen LogP contribution < -0.4 is 5.32 Å². The predicted molar refractivity (Wildman–Crippen MR) is 148 cm³/mol. The number of carbonyl (C=O) groups is 2. The summed E-state index contributed by atoms with van der Waals surface area (Å²) in [5.41, 5.74) is 3.40. The minimum absolute atomic E-state index is 0.0796. The van der Waals surface area contributed by atoms with Crippen molar-refractivity contribution in [1.29, 1.82) is 0 Å². The van der Waals surface area contributed by atoms with E-state index in [0.717, 1.165) is 23.1 Å². The highest BCUT2D eigenvalue weighted by Gasteiger charge is 2.42. The van der Waals surface area contributed by atoms with Crippen LogP contribution in [0, 0.1) is 0 Å². The molecule has 2 amide bonds. The van der Waals surface area contributed by atoms with Crippen molar-refractivity contribution in [3.05, 3.63) is 107 Å². The third-order valence-corrected chi connectivity index (χ3v) is 7.09. The molecule has 0 aromatic heterocycles. The second kappa shape index (κ2) is 12.7. The number of nitrogens with zero attached hydrogens (tertiary/aromatic N) is 2. The average Bonchev–Trinajstić information content (AvgIpc) is 3.11. The molecule has 0 saturated carbocycles. The van der Waals surface area contributed by atoms with Crippen molar-refractivity contribution >= 4 is 40.7 Å². The van der Waals surface area contributed by atoms with E-state index < -0.39 is 6.04 Å².